The van der Waals surface area contributed by atoms with E-state index < -0.39 is 17.9 Å². The molecule has 0 aromatic heterocycles. The van der Waals surface area contributed by atoms with Crippen molar-refractivity contribution >= 4 is 30.2 Å². The molecule has 0 spiro atoms. The molecule has 156 valence electrons. The van der Waals surface area contributed by atoms with E-state index in [1.165, 1.54) is 0 Å². The van der Waals surface area contributed by atoms with Crippen molar-refractivity contribution in [2.45, 2.75) is 32.4 Å². The number of nitrogens with one attached hydrogen (secondary N) is 2. The van der Waals surface area contributed by atoms with Gasteiger partial charge in [0.25, 0.3) is 5.91 Å². The van der Waals surface area contributed by atoms with Gasteiger partial charge in [0.15, 0.2) is 0 Å². The number of carboxylic acid groups (broad SMARTS) is 1. The highest BCUT2D eigenvalue weighted by Crippen LogP contribution is 2.27. The molecule has 2 rings (SSSR count). The van der Waals surface area contributed by atoms with Crippen LogP contribution in [-0.2, 0) is 4.79 Å². The molecule has 29 heavy (non-hydrogen) atoms. The Morgan fingerprint density at radius 3 is 2.41 bits per heavy atom. The maximum absolute atomic E-state index is 12.9. The first kappa shape index (κ1) is 22.8. The third kappa shape index (κ3) is 6.80. The van der Waals surface area contributed by atoms with Crippen LogP contribution in [0.15, 0.2) is 48.5 Å². The zero-order valence-corrected chi connectivity index (χ0v) is 17.7. The first-order valence-corrected chi connectivity index (χ1v) is 10.3. The highest BCUT2D eigenvalue weighted by molar-refractivity contribution is 7.80. The van der Waals surface area contributed by atoms with E-state index in [1.807, 2.05) is 50.2 Å². The molecule has 0 saturated carbocycles. The van der Waals surface area contributed by atoms with Crippen LogP contribution >= 0.6 is 12.6 Å². The van der Waals surface area contributed by atoms with Crippen LogP contribution in [0, 0.1) is 5.92 Å². The SMILES string of the molecule is CC(C)CC(NC(=O)c1ccc(NC[C@@H](N)CS)cc1-c1ccccc1)C(=O)O. The minimum atomic E-state index is -1.03. The fourth-order valence-electron chi connectivity index (χ4n) is 2.95. The van der Waals surface area contributed by atoms with Crippen molar-refractivity contribution in [2.75, 3.05) is 17.6 Å². The number of carboxylic acids is 1. The summed E-state index contributed by atoms with van der Waals surface area (Å²) in [5.74, 6) is -0.735. The van der Waals surface area contributed by atoms with Crippen LogP contribution in [0.5, 0.6) is 0 Å². The fourth-order valence-corrected chi connectivity index (χ4v) is 3.08. The lowest BCUT2D eigenvalue weighted by Crippen LogP contribution is -2.41. The number of anilines is 1. The highest BCUT2D eigenvalue weighted by atomic mass is 32.1. The van der Waals surface area contributed by atoms with Crippen molar-refractivity contribution in [1.29, 1.82) is 0 Å². The largest absolute Gasteiger partial charge is 0.480 e. The summed E-state index contributed by atoms with van der Waals surface area (Å²) >= 11 is 4.19. The molecular formula is C22H29N3O3S. The molecule has 0 aliphatic rings. The first-order valence-electron chi connectivity index (χ1n) is 9.65. The summed E-state index contributed by atoms with van der Waals surface area (Å²) in [6.07, 6.45) is 0.364. The molecule has 7 heteroatoms. The van der Waals surface area contributed by atoms with Gasteiger partial charge in [-0.05, 0) is 41.7 Å². The smallest absolute Gasteiger partial charge is 0.326 e. The second-order valence-electron chi connectivity index (χ2n) is 7.44. The average molecular weight is 416 g/mol. The molecule has 1 amide bonds. The fraction of sp³-hybridized carbons (Fsp3) is 0.364. The lowest BCUT2D eigenvalue weighted by Gasteiger charge is -2.19. The Labute approximate surface area is 177 Å². The van der Waals surface area contributed by atoms with Gasteiger partial charge in [-0.1, -0.05) is 44.2 Å². The maximum atomic E-state index is 12.9. The molecule has 2 atom stereocenters. The van der Waals surface area contributed by atoms with E-state index in [1.54, 1.807) is 12.1 Å². The van der Waals surface area contributed by atoms with Crippen molar-refractivity contribution in [1.82, 2.24) is 5.32 Å². The Hall–Kier alpha value is -2.51. The number of nitrogens with two attached hydrogens (primary N) is 1. The molecule has 1 unspecified atom stereocenters. The predicted octanol–water partition coefficient (Wildman–Crippen LogP) is 3.25. The summed E-state index contributed by atoms with van der Waals surface area (Å²) in [7, 11) is 0. The minimum Gasteiger partial charge on any atom is -0.480 e. The summed E-state index contributed by atoms with van der Waals surface area (Å²) in [4.78, 5) is 24.5. The minimum absolute atomic E-state index is 0.0890. The maximum Gasteiger partial charge on any atom is 0.326 e. The van der Waals surface area contributed by atoms with Crippen LogP contribution < -0.4 is 16.4 Å². The Bertz CT molecular complexity index is 827. The van der Waals surface area contributed by atoms with Gasteiger partial charge in [-0.15, -0.1) is 0 Å². The molecule has 0 aliphatic heterocycles. The van der Waals surface area contributed by atoms with Crippen LogP contribution in [0.4, 0.5) is 5.69 Å². The molecule has 0 heterocycles. The summed E-state index contributed by atoms with van der Waals surface area (Å²) in [6, 6.07) is 13.9. The van der Waals surface area contributed by atoms with Crippen LogP contribution in [0.1, 0.15) is 30.6 Å². The van der Waals surface area contributed by atoms with E-state index in [9.17, 15) is 14.7 Å². The second kappa shape index (κ2) is 10.9. The number of rotatable bonds is 10. The number of hydrogen-bond acceptors (Lipinski definition) is 5. The third-order valence-electron chi connectivity index (χ3n) is 4.46. The Kier molecular flexibility index (Phi) is 8.54. The van der Waals surface area contributed by atoms with E-state index in [2.05, 4.69) is 23.3 Å². The van der Waals surface area contributed by atoms with Gasteiger partial charge in [-0.25, -0.2) is 4.79 Å². The number of carbonyl (C=O) groups is 2. The molecule has 0 radical (unpaired) electrons. The van der Waals surface area contributed by atoms with Gasteiger partial charge < -0.3 is 21.5 Å². The number of aliphatic carboxylic acids is 1. The summed E-state index contributed by atoms with van der Waals surface area (Å²) < 4.78 is 0. The quantitative estimate of drug-likeness (QED) is 0.383. The molecule has 5 N–H and O–H groups in total. The predicted molar refractivity (Wildman–Crippen MR) is 121 cm³/mol. The number of carbonyl (C=O) groups excluding carboxylic acids is 1. The topological polar surface area (TPSA) is 104 Å². The average Bonchev–Trinajstić information content (AvgIpc) is 2.71. The van der Waals surface area contributed by atoms with Gasteiger partial charge in [-0.2, -0.15) is 12.6 Å². The summed E-state index contributed by atoms with van der Waals surface area (Å²) in [5.41, 5.74) is 8.76. The van der Waals surface area contributed by atoms with Crippen LogP contribution in [0.2, 0.25) is 0 Å². The molecular weight excluding hydrogens is 386 g/mol. The van der Waals surface area contributed by atoms with Gasteiger partial charge in [0.05, 0.1) is 0 Å². The zero-order chi connectivity index (χ0) is 21.4. The van der Waals surface area contributed by atoms with Crippen molar-refractivity contribution < 1.29 is 14.7 Å². The summed E-state index contributed by atoms with van der Waals surface area (Å²) in [6.45, 7) is 4.40. The standard InChI is InChI=1S/C22H29N3O3S/c1-14(2)10-20(22(27)28)25-21(26)18-9-8-17(24-12-16(23)13-29)11-19(18)15-6-4-3-5-7-15/h3-9,11,14,16,20,24,29H,10,12-13,23H2,1-2H3,(H,25,26)(H,27,28)/t16-,20?/m1/s1. The van der Waals surface area contributed by atoms with E-state index in [0.717, 1.165) is 16.8 Å². The molecule has 6 nitrogen and oxygen atoms in total. The van der Waals surface area contributed by atoms with Crippen LogP contribution in [0.3, 0.4) is 0 Å². The lowest BCUT2D eigenvalue weighted by atomic mass is 9.97. The molecule has 0 bridgehead atoms. The van der Waals surface area contributed by atoms with Gasteiger partial charge in [0.2, 0.25) is 0 Å². The van der Waals surface area contributed by atoms with Gasteiger partial charge >= 0.3 is 5.97 Å². The van der Waals surface area contributed by atoms with Gasteiger partial charge in [0.1, 0.15) is 6.04 Å². The zero-order valence-electron chi connectivity index (χ0n) is 16.8. The Balaban J connectivity index is 2.34. The molecule has 2 aromatic carbocycles. The molecule has 2 aromatic rings. The van der Waals surface area contributed by atoms with Gasteiger partial charge in [0, 0.05) is 29.6 Å². The number of amides is 1. The first-order chi connectivity index (χ1) is 13.8. The Morgan fingerprint density at radius 2 is 1.83 bits per heavy atom. The summed E-state index contributed by atoms with van der Waals surface area (Å²) in [5, 5.41) is 15.4. The van der Waals surface area contributed by atoms with Crippen LogP contribution in [0.25, 0.3) is 11.1 Å². The number of thiol groups is 1. The van der Waals surface area contributed by atoms with Gasteiger partial charge in [-0.3, -0.25) is 4.79 Å². The van der Waals surface area contributed by atoms with Crippen molar-refractivity contribution in [3.8, 4) is 11.1 Å². The highest BCUT2D eigenvalue weighted by Gasteiger charge is 2.23. The normalized spacial score (nSPS) is 13.0. The van der Waals surface area contributed by atoms with Crippen molar-refractivity contribution in [3.63, 3.8) is 0 Å². The monoisotopic (exact) mass is 415 g/mol. The second-order valence-corrected chi connectivity index (χ2v) is 7.81. The third-order valence-corrected chi connectivity index (χ3v) is 4.93. The molecule has 0 saturated heterocycles. The Morgan fingerprint density at radius 1 is 1.14 bits per heavy atom. The molecule has 0 fully saturated rings. The number of benzene rings is 2. The van der Waals surface area contributed by atoms with E-state index >= 15 is 0 Å². The van der Waals surface area contributed by atoms with Crippen molar-refractivity contribution in [3.05, 3.63) is 54.1 Å². The van der Waals surface area contributed by atoms with Crippen LogP contribution in [-0.4, -0.2) is 41.4 Å². The van der Waals surface area contributed by atoms with Crippen molar-refractivity contribution in [2.24, 2.45) is 11.7 Å². The number of hydrogen-bond donors (Lipinski definition) is 5. The van der Waals surface area contributed by atoms with E-state index in [0.29, 0.717) is 24.3 Å². The molecule has 0 aliphatic carbocycles. The van der Waals surface area contributed by atoms with E-state index in [4.69, 9.17) is 5.73 Å². The van der Waals surface area contributed by atoms with E-state index in [-0.39, 0.29) is 12.0 Å². The lowest BCUT2D eigenvalue weighted by molar-refractivity contribution is -0.139.